The Balaban J connectivity index is 1.17. The van der Waals surface area contributed by atoms with Crippen LogP contribution in [0.15, 0.2) is 168 Å². The van der Waals surface area contributed by atoms with Gasteiger partial charge < -0.3 is 0 Å². The largest absolute Gasteiger partial charge is 0.0888 e. The Bertz CT molecular complexity index is 2620. The Morgan fingerprint density at radius 1 is 0.370 bits per heavy atom. The molecule has 0 bridgehead atoms. The number of fused-ring (bicyclic) bond motifs is 14. The molecule has 1 spiro atoms. The second-order valence-corrected chi connectivity index (χ2v) is 13.9. The van der Waals surface area contributed by atoms with E-state index in [0.29, 0.717) is 0 Å². The smallest absolute Gasteiger partial charge is 0.0731 e. The summed E-state index contributed by atoms with van der Waals surface area (Å²) >= 11 is 1.89. The van der Waals surface area contributed by atoms with Gasteiger partial charge in [-0.25, -0.2) is 0 Å². The molecule has 2 aliphatic carbocycles. The van der Waals surface area contributed by atoms with Crippen LogP contribution >= 0.6 is 11.8 Å². The monoisotopic (exact) mass is 598 g/mol. The predicted molar refractivity (Wildman–Crippen MR) is 193 cm³/mol. The van der Waals surface area contributed by atoms with Gasteiger partial charge in [0.2, 0.25) is 0 Å². The average molecular weight is 599 g/mol. The third-order valence-corrected chi connectivity index (χ3v) is 11.8. The molecule has 0 amide bonds. The SMILES string of the molecule is c1ccc2c(c1)-c1cc(-c3ccc4c(c3)-c3cccc5cccc(c35)S4)ccc1C21c2ccccc2-c2ccc3ccccc3c21. The van der Waals surface area contributed by atoms with E-state index >= 15 is 0 Å². The minimum absolute atomic E-state index is 0.358. The molecule has 0 radical (unpaired) electrons. The molecule has 0 nitrogen and oxygen atoms in total. The highest BCUT2D eigenvalue weighted by Gasteiger charge is 2.52. The van der Waals surface area contributed by atoms with Crippen molar-refractivity contribution in [3.63, 3.8) is 0 Å². The zero-order valence-corrected chi connectivity index (χ0v) is 25.7. The molecule has 1 aliphatic heterocycles. The molecule has 0 aromatic heterocycles. The molecule has 0 fully saturated rings. The molecule has 8 aromatic rings. The molecular weight excluding hydrogens is 573 g/mol. The summed E-state index contributed by atoms with van der Waals surface area (Å²) in [6.45, 7) is 0. The highest BCUT2D eigenvalue weighted by Crippen LogP contribution is 2.64. The van der Waals surface area contributed by atoms with Crippen LogP contribution in [-0.4, -0.2) is 0 Å². The van der Waals surface area contributed by atoms with Crippen molar-refractivity contribution in [2.75, 3.05) is 0 Å². The highest BCUT2D eigenvalue weighted by atomic mass is 32.2. The van der Waals surface area contributed by atoms with Crippen molar-refractivity contribution in [3.8, 4) is 44.5 Å². The molecule has 46 heavy (non-hydrogen) atoms. The molecule has 1 atom stereocenters. The van der Waals surface area contributed by atoms with E-state index in [9.17, 15) is 0 Å². The fourth-order valence-corrected chi connectivity index (χ4v) is 9.97. The second kappa shape index (κ2) is 8.88. The molecule has 0 saturated heterocycles. The quantitative estimate of drug-likeness (QED) is 0.181. The topological polar surface area (TPSA) is 0 Å². The fraction of sp³-hybridized carbons (Fsp3) is 0.0222. The number of benzene rings is 8. The van der Waals surface area contributed by atoms with Gasteiger partial charge in [-0.15, -0.1) is 0 Å². The Kier molecular flexibility index (Phi) is 4.80. The normalized spacial score (nSPS) is 16.3. The maximum Gasteiger partial charge on any atom is 0.0731 e. The first kappa shape index (κ1) is 24.9. The Labute approximate surface area is 272 Å². The van der Waals surface area contributed by atoms with Crippen molar-refractivity contribution in [1.82, 2.24) is 0 Å². The van der Waals surface area contributed by atoms with Crippen LogP contribution in [0.5, 0.6) is 0 Å². The van der Waals surface area contributed by atoms with Crippen molar-refractivity contribution in [2.45, 2.75) is 15.2 Å². The Morgan fingerprint density at radius 3 is 1.85 bits per heavy atom. The number of hydrogen-bond acceptors (Lipinski definition) is 1. The van der Waals surface area contributed by atoms with E-state index in [1.165, 1.54) is 98.1 Å². The molecule has 3 aliphatic rings. The van der Waals surface area contributed by atoms with Gasteiger partial charge in [0, 0.05) is 15.2 Å². The van der Waals surface area contributed by atoms with Crippen molar-refractivity contribution in [2.24, 2.45) is 0 Å². The summed E-state index contributed by atoms with van der Waals surface area (Å²) in [5.41, 5.74) is 15.8. The van der Waals surface area contributed by atoms with E-state index in [1.54, 1.807) is 0 Å². The van der Waals surface area contributed by atoms with Crippen molar-refractivity contribution in [3.05, 3.63) is 180 Å². The number of rotatable bonds is 1. The number of hydrogen-bond donors (Lipinski definition) is 0. The van der Waals surface area contributed by atoms with E-state index < -0.39 is 0 Å². The van der Waals surface area contributed by atoms with Crippen LogP contribution in [-0.2, 0) is 5.41 Å². The van der Waals surface area contributed by atoms with Crippen LogP contribution in [0.3, 0.4) is 0 Å². The van der Waals surface area contributed by atoms with Crippen molar-refractivity contribution in [1.29, 1.82) is 0 Å². The van der Waals surface area contributed by atoms with E-state index in [-0.39, 0.29) is 5.41 Å². The van der Waals surface area contributed by atoms with Crippen LogP contribution in [0.2, 0.25) is 0 Å². The molecule has 212 valence electrons. The van der Waals surface area contributed by atoms with Gasteiger partial charge in [0.1, 0.15) is 0 Å². The lowest BCUT2D eigenvalue weighted by Gasteiger charge is -2.31. The van der Waals surface area contributed by atoms with E-state index in [2.05, 4.69) is 158 Å². The first-order chi connectivity index (χ1) is 22.8. The minimum atomic E-state index is -0.358. The molecule has 8 aromatic carbocycles. The predicted octanol–water partition coefficient (Wildman–Crippen LogP) is 12.1. The van der Waals surface area contributed by atoms with Gasteiger partial charge in [-0.2, -0.15) is 0 Å². The first-order valence-electron chi connectivity index (χ1n) is 16.0. The Morgan fingerprint density at radius 2 is 1.00 bits per heavy atom. The zero-order valence-electron chi connectivity index (χ0n) is 24.9. The van der Waals surface area contributed by atoms with Crippen LogP contribution in [0.25, 0.3) is 66.1 Å². The molecule has 0 saturated carbocycles. The lowest BCUT2D eigenvalue weighted by atomic mass is 9.69. The third-order valence-electron chi connectivity index (χ3n) is 10.7. The fourth-order valence-electron chi connectivity index (χ4n) is 8.85. The maximum absolute atomic E-state index is 2.46. The standard InChI is InChI=1S/C45H26S/c1-2-12-31-27(9-1)19-22-35-32-13-3-5-16-38(32)45(44(31)35)39-17-6-4-14-33(39)36-25-29(20-23-40(36)45)30-21-24-41-37(26-30)34-15-7-10-28-11-8-18-42(46-41)43(28)34/h1-26H. The second-order valence-electron chi connectivity index (χ2n) is 12.8. The molecule has 0 N–H and O–H groups in total. The molecular formula is C45H26S. The van der Waals surface area contributed by atoms with Crippen molar-refractivity contribution < 1.29 is 0 Å². The van der Waals surface area contributed by atoms with Gasteiger partial charge in [0.05, 0.1) is 5.41 Å². The highest BCUT2D eigenvalue weighted by molar-refractivity contribution is 7.99. The van der Waals surface area contributed by atoms with Gasteiger partial charge in [-0.3, -0.25) is 0 Å². The lowest BCUT2D eigenvalue weighted by Crippen LogP contribution is -2.26. The zero-order chi connectivity index (χ0) is 30.0. The van der Waals surface area contributed by atoms with E-state index in [4.69, 9.17) is 0 Å². The molecule has 1 unspecified atom stereocenters. The minimum Gasteiger partial charge on any atom is -0.0888 e. The van der Waals surface area contributed by atoms with Gasteiger partial charge in [0.25, 0.3) is 0 Å². The van der Waals surface area contributed by atoms with Gasteiger partial charge in [0.15, 0.2) is 0 Å². The summed E-state index contributed by atoms with van der Waals surface area (Å²) in [6.07, 6.45) is 0. The summed E-state index contributed by atoms with van der Waals surface area (Å²) in [5.74, 6) is 0. The van der Waals surface area contributed by atoms with E-state index in [0.717, 1.165) is 0 Å². The summed E-state index contributed by atoms with van der Waals surface area (Å²) < 4.78 is 0. The van der Waals surface area contributed by atoms with Crippen LogP contribution in [0.4, 0.5) is 0 Å². The van der Waals surface area contributed by atoms with Gasteiger partial charge in [-0.1, -0.05) is 145 Å². The third kappa shape index (κ3) is 3.02. The van der Waals surface area contributed by atoms with Crippen LogP contribution < -0.4 is 0 Å². The van der Waals surface area contributed by atoms with Gasteiger partial charge in [-0.05, 0) is 107 Å². The average Bonchev–Trinajstić information content (AvgIpc) is 3.59. The molecule has 1 heteroatoms. The van der Waals surface area contributed by atoms with Crippen LogP contribution in [0.1, 0.15) is 22.3 Å². The van der Waals surface area contributed by atoms with Crippen molar-refractivity contribution >= 4 is 33.3 Å². The summed E-state index contributed by atoms with van der Waals surface area (Å²) in [4.78, 5) is 2.67. The van der Waals surface area contributed by atoms with E-state index in [1.807, 2.05) is 11.8 Å². The first-order valence-corrected chi connectivity index (χ1v) is 16.8. The van der Waals surface area contributed by atoms with Gasteiger partial charge >= 0.3 is 0 Å². The Hall–Kier alpha value is -5.37. The molecule has 11 rings (SSSR count). The van der Waals surface area contributed by atoms with Crippen LogP contribution in [0, 0.1) is 0 Å². The lowest BCUT2D eigenvalue weighted by molar-refractivity contribution is 0.801. The molecule has 1 heterocycles. The summed E-state index contributed by atoms with van der Waals surface area (Å²) in [5, 5.41) is 5.31. The maximum atomic E-state index is 2.46. The summed E-state index contributed by atoms with van der Waals surface area (Å²) in [6, 6.07) is 59.5. The summed E-state index contributed by atoms with van der Waals surface area (Å²) in [7, 11) is 0.